The standard InChI is InChI=1S/C42H34N2/c1-4-12-31-13-7-9-18-40(31)30(2)44(42-20-11-17-32-14-8-10-19-41(32)42)38-25-23-37(24-26-38)43(3)39-22-21-35-27-33-15-5-6-16-34(33)28-36(35)29-39/h4-29H,2H2,1,3H3/b12-4-. The van der Waals surface area contributed by atoms with Crippen LogP contribution in [0.4, 0.5) is 22.7 Å². The molecule has 0 unspecified atom stereocenters. The minimum Gasteiger partial charge on any atom is -0.345 e. The van der Waals surface area contributed by atoms with Crippen LogP contribution in [0, 0.1) is 0 Å². The molecule has 0 fully saturated rings. The number of hydrogen-bond acceptors (Lipinski definition) is 2. The number of nitrogens with zero attached hydrogens (tertiary/aromatic N) is 2. The second-order valence-corrected chi connectivity index (χ2v) is 11.2. The van der Waals surface area contributed by atoms with Gasteiger partial charge < -0.3 is 9.80 Å². The number of rotatable bonds is 7. The first-order chi connectivity index (χ1) is 21.6. The lowest BCUT2D eigenvalue weighted by molar-refractivity contribution is 1.21. The Morgan fingerprint density at radius 2 is 1.14 bits per heavy atom. The van der Waals surface area contributed by atoms with Gasteiger partial charge in [-0.05, 0) is 94.0 Å². The predicted molar refractivity (Wildman–Crippen MR) is 192 cm³/mol. The Kier molecular flexibility index (Phi) is 7.17. The number of benzene rings is 7. The summed E-state index contributed by atoms with van der Waals surface area (Å²) in [4.78, 5) is 4.53. The lowest BCUT2D eigenvalue weighted by atomic mass is 10.0. The third-order valence-corrected chi connectivity index (χ3v) is 8.47. The van der Waals surface area contributed by atoms with E-state index in [2.05, 4.69) is 188 Å². The normalized spacial score (nSPS) is 11.4. The third kappa shape index (κ3) is 5.01. The number of fused-ring (bicyclic) bond motifs is 3. The fourth-order valence-corrected chi connectivity index (χ4v) is 6.16. The summed E-state index contributed by atoms with van der Waals surface area (Å²) >= 11 is 0. The molecule has 0 bridgehead atoms. The van der Waals surface area contributed by atoms with Crippen LogP contribution in [0.25, 0.3) is 44.1 Å². The quantitative estimate of drug-likeness (QED) is 0.177. The lowest BCUT2D eigenvalue weighted by Crippen LogP contribution is -2.16. The van der Waals surface area contributed by atoms with Crippen LogP contribution in [-0.2, 0) is 0 Å². The Morgan fingerprint density at radius 3 is 1.91 bits per heavy atom. The first-order valence-electron chi connectivity index (χ1n) is 15.1. The molecule has 0 amide bonds. The van der Waals surface area contributed by atoms with Crippen molar-refractivity contribution in [2.45, 2.75) is 6.92 Å². The van der Waals surface area contributed by atoms with Crippen molar-refractivity contribution in [2.75, 3.05) is 16.8 Å². The van der Waals surface area contributed by atoms with Crippen molar-refractivity contribution >= 4 is 66.8 Å². The highest BCUT2D eigenvalue weighted by molar-refractivity contribution is 6.02. The van der Waals surface area contributed by atoms with E-state index < -0.39 is 0 Å². The molecular weight excluding hydrogens is 532 g/mol. The van der Waals surface area contributed by atoms with Crippen molar-refractivity contribution in [3.05, 3.63) is 169 Å². The maximum Gasteiger partial charge on any atom is 0.0540 e. The van der Waals surface area contributed by atoms with Crippen LogP contribution < -0.4 is 9.80 Å². The fourth-order valence-electron chi connectivity index (χ4n) is 6.16. The van der Waals surface area contributed by atoms with Gasteiger partial charge in [0.1, 0.15) is 0 Å². The Balaban J connectivity index is 1.29. The zero-order chi connectivity index (χ0) is 30.0. The van der Waals surface area contributed by atoms with Gasteiger partial charge in [0.2, 0.25) is 0 Å². The molecular formula is C42H34N2. The Bertz CT molecular complexity index is 2170. The minimum atomic E-state index is 0.929. The molecule has 0 aliphatic heterocycles. The van der Waals surface area contributed by atoms with E-state index >= 15 is 0 Å². The van der Waals surface area contributed by atoms with E-state index in [9.17, 15) is 0 Å². The molecule has 0 saturated heterocycles. The van der Waals surface area contributed by atoms with Crippen molar-refractivity contribution < 1.29 is 0 Å². The minimum absolute atomic E-state index is 0.929. The van der Waals surface area contributed by atoms with Crippen LogP contribution in [0.1, 0.15) is 18.1 Å². The topological polar surface area (TPSA) is 6.48 Å². The van der Waals surface area contributed by atoms with Crippen molar-refractivity contribution in [3.63, 3.8) is 0 Å². The van der Waals surface area contributed by atoms with Crippen LogP contribution in [0.2, 0.25) is 0 Å². The SMILES string of the molecule is C=C(c1ccccc1/C=C\C)N(c1ccc(N(C)c2ccc3cc4ccccc4cc3c2)cc1)c1cccc2ccccc12. The maximum absolute atomic E-state index is 4.67. The van der Waals surface area contributed by atoms with Crippen LogP contribution >= 0.6 is 0 Å². The van der Waals surface area contributed by atoms with E-state index in [1.807, 2.05) is 0 Å². The number of hydrogen-bond donors (Lipinski definition) is 0. The highest BCUT2D eigenvalue weighted by Crippen LogP contribution is 2.40. The zero-order valence-electron chi connectivity index (χ0n) is 25.1. The largest absolute Gasteiger partial charge is 0.345 e. The van der Waals surface area contributed by atoms with Crippen molar-refractivity contribution in [1.82, 2.24) is 0 Å². The highest BCUT2D eigenvalue weighted by Gasteiger charge is 2.19. The van der Waals surface area contributed by atoms with Gasteiger partial charge in [0, 0.05) is 40.8 Å². The molecule has 7 rings (SSSR count). The summed E-state index contributed by atoms with van der Waals surface area (Å²) in [6, 6.07) is 52.1. The summed E-state index contributed by atoms with van der Waals surface area (Å²) in [6.45, 7) is 6.72. The summed E-state index contributed by atoms with van der Waals surface area (Å²) < 4.78 is 0. The van der Waals surface area contributed by atoms with E-state index in [0.717, 1.165) is 39.6 Å². The second-order valence-electron chi connectivity index (χ2n) is 11.2. The van der Waals surface area contributed by atoms with E-state index in [1.165, 1.54) is 32.3 Å². The molecule has 0 aliphatic carbocycles. The van der Waals surface area contributed by atoms with Crippen LogP contribution in [0.3, 0.4) is 0 Å². The summed E-state index contributed by atoms with van der Waals surface area (Å²) in [5, 5.41) is 7.40. The summed E-state index contributed by atoms with van der Waals surface area (Å²) in [7, 11) is 2.13. The molecule has 0 radical (unpaired) electrons. The van der Waals surface area contributed by atoms with E-state index in [4.69, 9.17) is 0 Å². The van der Waals surface area contributed by atoms with Crippen molar-refractivity contribution in [3.8, 4) is 0 Å². The highest BCUT2D eigenvalue weighted by atomic mass is 15.2. The number of allylic oxidation sites excluding steroid dienone is 1. The first-order valence-corrected chi connectivity index (χ1v) is 15.1. The van der Waals surface area contributed by atoms with Gasteiger partial charge >= 0.3 is 0 Å². The maximum atomic E-state index is 4.67. The van der Waals surface area contributed by atoms with Gasteiger partial charge in [-0.3, -0.25) is 0 Å². The Morgan fingerprint density at radius 1 is 0.545 bits per heavy atom. The molecule has 0 saturated carbocycles. The second kappa shape index (κ2) is 11.6. The van der Waals surface area contributed by atoms with Gasteiger partial charge in [0.25, 0.3) is 0 Å². The van der Waals surface area contributed by atoms with Gasteiger partial charge in [-0.15, -0.1) is 0 Å². The van der Waals surface area contributed by atoms with E-state index in [-0.39, 0.29) is 0 Å². The molecule has 2 nitrogen and oxygen atoms in total. The van der Waals surface area contributed by atoms with E-state index in [0.29, 0.717) is 0 Å². The van der Waals surface area contributed by atoms with Gasteiger partial charge in [-0.1, -0.05) is 110 Å². The summed E-state index contributed by atoms with van der Waals surface area (Å²) in [6.07, 6.45) is 4.22. The first kappa shape index (κ1) is 27.2. The van der Waals surface area contributed by atoms with Gasteiger partial charge in [0.05, 0.1) is 5.69 Å². The molecule has 0 aliphatic rings. The molecule has 0 aromatic heterocycles. The third-order valence-electron chi connectivity index (χ3n) is 8.47. The van der Waals surface area contributed by atoms with Crippen LogP contribution in [-0.4, -0.2) is 7.05 Å². The Hall–Kier alpha value is -5.60. The van der Waals surface area contributed by atoms with E-state index in [1.54, 1.807) is 0 Å². The summed E-state index contributed by atoms with van der Waals surface area (Å²) in [5.41, 5.74) is 7.60. The van der Waals surface area contributed by atoms with Gasteiger partial charge in [-0.25, -0.2) is 0 Å². The molecule has 2 heteroatoms. The molecule has 0 spiro atoms. The van der Waals surface area contributed by atoms with Crippen molar-refractivity contribution in [2.24, 2.45) is 0 Å². The fraction of sp³-hybridized carbons (Fsp3) is 0.0476. The van der Waals surface area contributed by atoms with Crippen LogP contribution in [0.5, 0.6) is 0 Å². The zero-order valence-corrected chi connectivity index (χ0v) is 25.1. The molecule has 7 aromatic rings. The van der Waals surface area contributed by atoms with Gasteiger partial charge in [0.15, 0.2) is 0 Å². The molecule has 44 heavy (non-hydrogen) atoms. The smallest absolute Gasteiger partial charge is 0.0540 e. The monoisotopic (exact) mass is 566 g/mol. The van der Waals surface area contributed by atoms with Gasteiger partial charge in [-0.2, -0.15) is 0 Å². The van der Waals surface area contributed by atoms with Crippen LogP contribution in [0.15, 0.2) is 158 Å². The lowest BCUT2D eigenvalue weighted by Gasteiger charge is -2.30. The average molecular weight is 567 g/mol. The Labute approximate surface area is 259 Å². The van der Waals surface area contributed by atoms with Crippen molar-refractivity contribution in [1.29, 1.82) is 0 Å². The molecule has 0 heterocycles. The average Bonchev–Trinajstić information content (AvgIpc) is 3.07. The molecule has 7 aromatic carbocycles. The summed E-state index contributed by atoms with van der Waals surface area (Å²) in [5.74, 6) is 0. The number of anilines is 4. The molecule has 0 atom stereocenters. The predicted octanol–water partition coefficient (Wildman–Crippen LogP) is 11.8. The molecule has 0 N–H and O–H groups in total. The molecule has 212 valence electrons.